The van der Waals surface area contributed by atoms with Crippen molar-refractivity contribution in [3.05, 3.63) is 35.9 Å². The van der Waals surface area contributed by atoms with E-state index in [0.717, 1.165) is 12.8 Å². The van der Waals surface area contributed by atoms with Crippen LogP contribution in [0.3, 0.4) is 0 Å². The number of nitrogens with zero attached hydrogens (tertiary/aromatic N) is 1. The Bertz CT molecular complexity index is 560. The normalized spacial score (nSPS) is 18.2. The van der Waals surface area contributed by atoms with Crippen molar-refractivity contribution in [1.82, 2.24) is 5.32 Å². The van der Waals surface area contributed by atoms with Crippen molar-refractivity contribution in [2.45, 2.75) is 52.9 Å². The fourth-order valence-corrected chi connectivity index (χ4v) is 4.21. The first-order valence-electron chi connectivity index (χ1n) is 8.59. The molecule has 0 aliphatic heterocycles. The Balaban J connectivity index is 2.14. The van der Waals surface area contributed by atoms with Gasteiger partial charge in [-0.3, -0.25) is 4.79 Å². The number of nitriles is 1. The lowest BCUT2D eigenvalue weighted by Crippen LogP contribution is -2.45. The molecule has 1 aromatic carbocycles. The van der Waals surface area contributed by atoms with E-state index in [1.807, 2.05) is 30.3 Å². The molecule has 124 valence electrons. The molecule has 1 amide bonds. The second-order valence-electron chi connectivity index (χ2n) is 7.90. The Kier molecular flexibility index (Phi) is 5.46. The lowest BCUT2D eigenvalue weighted by Gasteiger charge is -2.44. The van der Waals surface area contributed by atoms with Gasteiger partial charge in [-0.15, -0.1) is 0 Å². The van der Waals surface area contributed by atoms with Crippen molar-refractivity contribution >= 4 is 5.91 Å². The summed E-state index contributed by atoms with van der Waals surface area (Å²) in [6, 6.07) is 11.7. The largest absolute Gasteiger partial charge is 0.351 e. The van der Waals surface area contributed by atoms with E-state index in [4.69, 9.17) is 0 Å². The molecule has 1 aromatic rings. The number of amides is 1. The van der Waals surface area contributed by atoms with Crippen molar-refractivity contribution < 1.29 is 4.79 Å². The van der Waals surface area contributed by atoms with Crippen LogP contribution >= 0.6 is 0 Å². The highest BCUT2D eigenvalue weighted by molar-refractivity contribution is 5.94. The van der Waals surface area contributed by atoms with Gasteiger partial charge in [-0.05, 0) is 41.7 Å². The van der Waals surface area contributed by atoms with Gasteiger partial charge in [0.15, 0.2) is 0 Å². The van der Waals surface area contributed by atoms with E-state index in [0.29, 0.717) is 24.4 Å². The smallest absolute Gasteiger partial charge is 0.251 e. The molecule has 3 heteroatoms. The molecule has 1 fully saturated rings. The van der Waals surface area contributed by atoms with E-state index in [1.54, 1.807) is 0 Å². The summed E-state index contributed by atoms with van der Waals surface area (Å²) in [7, 11) is 0. The number of nitrogens with one attached hydrogen (secondary N) is 1. The Morgan fingerprint density at radius 2 is 1.87 bits per heavy atom. The lowest BCUT2D eigenvalue weighted by atomic mass is 9.61. The van der Waals surface area contributed by atoms with E-state index in [9.17, 15) is 10.1 Å². The summed E-state index contributed by atoms with van der Waals surface area (Å²) in [5, 5.41) is 12.4. The molecule has 1 unspecified atom stereocenters. The van der Waals surface area contributed by atoms with Crippen LogP contribution in [0.4, 0.5) is 0 Å². The minimum absolute atomic E-state index is 0.0125. The zero-order valence-corrected chi connectivity index (χ0v) is 14.6. The van der Waals surface area contributed by atoms with Crippen LogP contribution in [0.15, 0.2) is 30.3 Å². The molecule has 0 aromatic heterocycles. The van der Waals surface area contributed by atoms with Gasteiger partial charge in [-0.25, -0.2) is 0 Å². The maximum absolute atomic E-state index is 12.4. The molecular formula is C20H28N2O. The number of carbonyl (C=O) groups excluding carboxylic acids is 1. The number of benzene rings is 1. The molecule has 1 saturated carbocycles. The van der Waals surface area contributed by atoms with Gasteiger partial charge in [-0.2, -0.15) is 5.26 Å². The summed E-state index contributed by atoms with van der Waals surface area (Å²) in [4.78, 5) is 12.4. The van der Waals surface area contributed by atoms with Crippen molar-refractivity contribution in [3.8, 4) is 6.07 Å². The van der Waals surface area contributed by atoms with Gasteiger partial charge in [-0.1, -0.05) is 51.8 Å². The highest BCUT2D eigenvalue weighted by Gasteiger charge is 2.46. The van der Waals surface area contributed by atoms with Crippen molar-refractivity contribution in [2.24, 2.45) is 16.7 Å². The standard InChI is InChI=1S/C20H28N2O/c1-19(2,3)17(11-14-21)20(12-7-8-13-20)15-22-18(23)16-9-5-4-6-10-16/h4-6,9-10,17H,7-8,11-13,15H2,1-3H3,(H,22,23). The molecule has 0 heterocycles. The van der Waals surface area contributed by atoms with E-state index in [-0.39, 0.29) is 16.7 Å². The van der Waals surface area contributed by atoms with Crippen molar-refractivity contribution in [1.29, 1.82) is 5.26 Å². The summed E-state index contributed by atoms with van der Waals surface area (Å²) in [6.45, 7) is 7.32. The second kappa shape index (κ2) is 7.17. The maximum atomic E-state index is 12.4. The molecular weight excluding hydrogens is 284 g/mol. The van der Waals surface area contributed by atoms with Crippen LogP contribution in [0.2, 0.25) is 0 Å². The topological polar surface area (TPSA) is 52.9 Å². The zero-order chi connectivity index (χ0) is 16.9. The Hall–Kier alpha value is -1.82. The van der Waals surface area contributed by atoms with Crippen LogP contribution < -0.4 is 5.32 Å². The number of hydrogen-bond acceptors (Lipinski definition) is 2. The average molecular weight is 312 g/mol. The molecule has 2 rings (SSSR count). The van der Waals surface area contributed by atoms with Gasteiger partial charge < -0.3 is 5.32 Å². The SMILES string of the molecule is CC(C)(C)C(CC#N)C1(CNC(=O)c2ccccc2)CCCC1. The fourth-order valence-electron chi connectivity index (χ4n) is 4.21. The Morgan fingerprint density at radius 1 is 1.26 bits per heavy atom. The molecule has 3 nitrogen and oxygen atoms in total. The fraction of sp³-hybridized carbons (Fsp3) is 0.600. The predicted octanol–water partition coefficient (Wildman–Crippen LogP) is 4.55. The van der Waals surface area contributed by atoms with Crippen molar-refractivity contribution in [2.75, 3.05) is 6.54 Å². The molecule has 0 radical (unpaired) electrons. The third kappa shape index (κ3) is 4.13. The molecule has 1 N–H and O–H groups in total. The third-order valence-electron chi connectivity index (χ3n) is 5.32. The highest BCUT2D eigenvalue weighted by Crippen LogP contribution is 2.51. The molecule has 1 aliphatic rings. The van der Waals surface area contributed by atoms with Gasteiger partial charge in [0.25, 0.3) is 5.91 Å². The Morgan fingerprint density at radius 3 is 2.39 bits per heavy atom. The van der Waals surface area contributed by atoms with Crippen LogP contribution in [-0.2, 0) is 0 Å². The first kappa shape index (κ1) is 17.5. The van der Waals surface area contributed by atoms with E-state index in [1.165, 1.54) is 12.8 Å². The summed E-state index contributed by atoms with van der Waals surface area (Å²) >= 11 is 0. The summed E-state index contributed by atoms with van der Waals surface area (Å²) in [5.74, 6) is 0.292. The van der Waals surface area contributed by atoms with Crippen LogP contribution in [0.5, 0.6) is 0 Å². The number of rotatable bonds is 5. The van der Waals surface area contributed by atoms with Crippen LogP contribution in [0, 0.1) is 28.1 Å². The van der Waals surface area contributed by atoms with Crippen LogP contribution in [0.25, 0.3) is 0 Å². The lowest BCUT2D eigenvalue weighted by molar-refractivity contribution is 0.0575. The van der Waals surface area contributed by atoms with Gasteiger partial charge in [0.05, 0.1) is 6.07 Å². The number of hydrogen-bond donors (Lipinski definition) is 1. The van der Waals surface area contributed by atoms with E-state index < -0.39 is 0 Å². The molecule has 0 spiro atoms. The maximum Gasteiger partial charge on any atom is 0.251 e. The minimum atomic E-state index is -0.0125. The quantitative estimate of drug-likeness (QED) is 0.867. The molecule has 23 heavy (non-hydrogen) atoms. The summed E-state index contributed by atoms with van der Waals surface area (Å²) in [6.07, 6.45) is 5.15. The van der Waals surface area contributed by atoms with Crippen LogP contribution in [-0.4, -0.2) is 12.5 Å². The number of carbonyl (C=O) groups is 1. The minimum Gasteiger partial charge on any atom is -0.351 e. The van der Waals surface area contributed by atoms with Crippen molar-refractivity contribution in [3.63, 3.8) is 0 Å². The molecule has 0 bridgehead atoms. The zero-order valence-electron chi connectivity index (χ0n) is 14.6. The summed E-state index contributed by atoms with van der Waals surface area (Å²) in [5.41, 5.74) is 0.823. The van der Waals surface area contributed by atoms with E-state index in [2.05, 4.69) is 32.2 Å². The van der Waals surface area contributed by atoms with Gasteiger partial charge in [0.2, 0.25) is 0 Å². The average Bonchev–Trinajstić information content (AvgIpc) is 2.99. The molecule has 1 atom stereocenters. The van der Waals surface area contributed by atoms with Crippen LogP contribution in [0.1, 0.15) is 63.2 Å². The van der Waals surface area contributed by atoms with Gasteiger partial charge in [0, 0.05) is 18.5 Å². The summed E-state index contributed by atoms with van der Waals surface area (Å²) < 4.78 is 0. The second-order valence-corrected chi connectivity index (χ2v) is 7.90. The first-order chi connectivity index (χ1) is 10.9. The van der Waals surface area contributed by atoms with E-state index >= 15 is 0 Å². The molecule has 0 saturated heterocycles. The highest BCUT2D eigenvalue weighted by atomic mass is 16.1. The Labute approximate surface area is 140 Å². The molecule has 1 aliphatic carbocycles. The first-order valence-corrected chi connectivity index (χ1v) is 8.59. The van der Waals surface area contributed by atoms with Gasteiger partial charge in [0.1, 0.15) is 0 Å². The third-order valence-corrected chi connectivity index (χ3v) is 5.32. The van der Waals surface area contributed by atoms with Gasteiger partial charge >= 0.3 is 0 Å². The monoisotopic (exact) mass is 312 g/mol. The predicted molar refractivity (Wildman–Crippen MR) is 92.9 cm³/mol.